The van der Waals surface area contributed by atoms with Crippen molar-refractivity contribution in [3.63, 3.8) is 0 Å². The van der Waals surface area contributed by atoms with Gasteiger partial charge in [0.05, 0.1) is 6.04 Å². The summed E-state index contributed by atoms with van der Waals surface area (Å²) in [7, 11) is 0. The fraction of sp³-hybridized carbons (Fsp3) is 0.211. The zero-order valence-electron chi connectivity index (χ0n) is 14.5. The van der Waals surface area contributed by atoms with Crippen LogP contribution >= 0.6 is 0 Å². The SMILES string of the molecule is CC1=Nc2ncnn2C(c2cccnc2)C1C(=O)Nc1ccccc1C. The van der Waals surface area contributed by atoms with Crippen LogP contribution in [0, 0.1) is 12.8 Å². The van der Waals surface area contributed by atoms with Crippen molar-refractivity contribution >= 4 is 23.3 Å². The Balaban J connectivity index is 1.75. The molecule has 1 aliphatic rings. The summed E-state index contributed by atoms with van der Waals surface area (Å²) in [4.78, 5) is 26.0. The minimum absolute atomic E-state index is 0.129. The molecule has 0 radical (unpaired) electrons. The molecular formula is C19H18N6O. The average molecular weight is 346 g/mol. The van der Waals surface area contributed by atoms with Crippen LogP contribution in [0.2, 0.25) is 0 Å². The zero-order valence-corrected chi connectivity index (χ0v) is 14.5. The molecule has 1 aliphatic heterocycles. The first-order chi connectivity index (χ1) is 12.6. The Kier molecular flexibility index (Phi) is 4.04. The highest BCUT2D eigenvalue weighted by molar-refractivity contribution is 6.10. The fourth-order valence-corrected chi connectivity index (χ4v) is 3.26. The molecule has 1 N–H and O–H groups in total. The summed E-state index contributed by atoms with van der Waals surface area (Å²) in [6.45, 7) is 3.81. The van der Waals surface area contributed by atoms with Gasteiger partial charge in [0.15, 0.2) is 0 Å². The van der Waals surface area contributed by atoms with Crippen molar-refractivity contribution in [1.29, 1.82) is 0 Å². The highest BCUT2D eigenvalue weighted by Crippen LogP contribution is 2.35. The lowest BCUT2D eigenvalue weighted by Gasteiger charge is -2.30. The maximum Gasteiger partial charge on any atom is 0.248 e. The number of aromatic nitrogens is 4. The van der Waals surface area contributed by atoms with Crippen LogP contribution in [0.25, 0.3) is 0 Å². The van der Waals surface area contributed by atoms with Crippen molar-refractivity contribution in [2.75, 3.05) is 5.32 Å². The van der Waals surface area contributed by atoms with Gasteiger partial charge in [-0.05, 0) is 37.1 Å². The standard InChI is InChI=1S/C19H18N6O/c1-12-6-3-4-8-15(12)24-18(26)16-13(2)23-19-21-11-22-25(19)17(16)14-7-5-9-20-10-14/h3-11,16-17H,1-2H3,(H,24,26). The van der Waals surface area contributed by atoms with E-state index in [1.165, 1.54) is 6.33 Å². The minimum atomic E-state index is -0.506. The number of aryl methyl sites for hydroxylation is 1. The summed E-state index contributed by atoms with van der Waals surface area (Å²) < 4.78 is 1.69. The zero-order chi connectivity index (χ0) is 18.1. The number of para-hydroxylation sites is 1. The number of amides is 1. The molecule has 3 heterocycles. The molecule has 7 heteroatoms. The molecule has 130 valence electrons. The Bertz CT molecular complexity index is 978. The van der Waals surface area contributed by atoms with Gasteiger partial charge in [0.1, 0.15) is 12.2 Å². The lowest BCUT2D eigenvalue weighted by molar-refractivity contribution is -0.118. The largest absolute Gasteiger partial charge is 0.325 e. The predicted molar refractivity (Wildman–Crippen MR) is 98.5 cm³/mol. The van der Waals surface area contributed by atoms with E-state index in [-0.39, 0.29) is 11.9 Å². The van der Waals surface area contributed by atoms with Gasteiger partial charge in [-0.15, -0.1) is 0 Å². The maximum absolute atomic E-state index is 13.2. The number of aliphatic imine (C=N–C) groups is 1. The lowest BCUT2D eigenvalue weighted by Crippen LogP contribution is -2.39. The van der Waals surface area contributed by atoms with Crippen molar-refractivity contribution < 1.29 is 4.79 Å². The third-order valence-corrected chi connectivity index (χ3v) is 4.57. The quantitative estimate of drug-likeness (QED) is 0.790. The average Bonchev–Trinajstić information content (AvgIpc) is 3.11. The van der Waals surface area contributed by atoms with Crippen LogP contribution in [-0.2, 0) is 4.79 Å². The van der Waals surface area contributed by atoms with Crippen LogP contribution in [-0.4, -0.2) is 31.4 Å². The molecule has 0 saturated heterocycles. The van der Waals surface area contributed by atoms with E-state index in [9.17, 15) is 4.79 Å². The molecule has 7 nitrogen and oxygen atoms in total. The number of hydrogen-bond acceptors (Lipinski definition) is 5. The lowest BCUT2D eigenvalue weighted by atomic mass is 9.88. The first kappa shape index (κ1) is 16.1. The van der Waals surface area contributed by atoms with E-state index in [0.29, 0.717) is 11.7 Å². The van der Waals surface area contributed by atoms with Gasteiger partial charge >= 0.3 is 0 Å². The highest BCUT2D eigenvalue weighted by Gasteiger charge is 2.38. The smallest absolute Gasteiger partial charge is 0.248 e. The van der Waals surface area contributed by atoms with Crippen LogP contribution in [0.3, 0.4) is 0 Å². The summed E-state index contributed by atoms with van der Waals surface area (Å²) in [5.41, 5.74) is 3.38. The Morgan fingerprint density at radius 1 is 1.15 bits per heavy atom. The summed E-state index contributed by atoms with van der Waals surface area (Å²) >= 11 is 0. The number of carbonyl (C=O) groups is 1. The van der Waals surface area contributed by atoms with Crippen molar-refractivity contribution in [2.45, 2.75) is 19.9 Å². The molecule has 0 bridgehead atoms. The van der Waals surface area contributed by atoms with Gasteiger partial charge in [0, 0.05) is 23.8 Å². The number of nitrogens with one attached hydrogen (secondary N) is 1. The minimum Gasteiger partial charge on any atom is -0.325 e. The van der Waals surface area contributed by atoms with Gasteiger partial charge in [-0.25, -0.2) is 9.67 Å². The Morgan fingerprint density at radius 2 is 2.00 bits per heavy atom. The predicted octanol–water partition coefficient (Wildman–Crippen LogP) is 2.93. The van der Waals surface area contributed by atoms with Gasteiger partial charge in [-0.3, -0.25) is 9.78 Å². The molecule has 3 aromatic rings. The van der Waals surface area contributed by atoms with E-state index in [2.05, 4.69) is 25.4 Å². The van der Waals surface area contributed by atoms with Crippen molar-refractivity contribution in [2.24, 2.45) is 10.9 Å². The summed E-state index contributed by atoms with van der Waals surface area (Å²) in [5.74, 6) is -0.139. The van der Waals surface area contributed by atoms with Crippen LogP contribution in [0.1, 0.15) is 24.1 Å². The molecule has 1 aromatic carbocycles. The van der Waals surface area contributed by atoms with Gasteiger partial charge in [0.25, 0.3) is 0 Å². The summed E-state index contributed by atoms with van der Waals surface area (Å²) in [5, 5.41) is 7.33. The number of pyridine rings is 1. The van der Waals surface area contributed by atoms with Crippen molar-refractivity contribution in [3.8, 4) is 0 Å². The van der Waals surface area contributed by atoms with Crippen LogP contribution < -0.4 is 5.32 Å². The van der Waals surface area contributed by atoms with Gasteiger partial charge in [0.2, 0.25) is 11.9 Å². The first-order valence-electron chi connectivity index (χ1n) is 8.36. The molecule has 0 spiro atoms. The van der Waals surface area contributed by atoms with E-state index >= 15 is 0 Å². The summed E-state index contributed by atoms with van der Waals surface area (Å²) in [6, 6.07) is 11.1. The molecule has 0 fully saturated rings. The van der Waals surface area contributed by atoms with Gasteiger partial charge in [-0.2, -0.15) is 10.1 Å². The van der Waals surface area contributed by atoms with E-state index in [4.69, 9.17) is 0 Å². The highest BCUT2D eigenvalue weighted by atomic mass is 16.2. The molecule has 0 aliphatic carbocycles. The van der Waals surface area contributed by atoms with Crippen LogP contribution in [0.15, 0.2) is 60.1 Å². The number of benzene rings is 1. The number of anilines is 1. The Morgan fingerprint density at radius 3 is 2.77 bits per heavy atom. The molecule has 0 saturated carbocycles. The molecule has 2 atom stereocenters. The summed E-state index contributed by atoms with van der Waals surface area (Å²) in [6.07, 6.45) is 4.91. The van der Waals surface area contributed by atoms with E-state index in [1.807, 2.05) is 50.2 Å². The fourth-order valence-electron chi connectivity index (χ4n) is 3.26. The van der Waals surface area contributed by atoms with E-state index in [0.717, 1.165) is 16.8 Å². The number of rotatable bonds is 3. The number of fused-ring (bicyclic) bond motifs is 1. The van der Waals surface area contributed by atoms with Crippen LogP contribution in [0.5, 0.6) is 0 Å². The second-order valence-electron chi connectivity index (χ2n) is 6.27. The molecular weight excluding hydrogens is 328 g/mol. The maximum atomic E-state index is 13.2. The second kappa shape index (κ2) is 6.51. The number of carbonyl (C=O) groups excluding carboxylic acids is 1. The normalized spacial score (nSPS) is 18.8. The van der Waals surface area contributed by atoms with Crippen molar-refractivity contribution in [3.05, 3.63) is 66.2 Å². The molecule has 1 amide bonds. The number of nitrogens with zero attached hydrogens (tertiary/aromatic N) is 5. The second-order valence-corrected chi connectivity index (χ2v) is 6.27. The van der Waals surface area contributed by atoms with Crippen LogP contribution in [0.4, 0.5) is 11.6 Å². The molecule has 2 unspecified atom stereocenters. The molecule has 2 aromatic heterocycles. The topological polar surface area (TPSA) is 85.1 Å². The third kappa shape index (κ3) is 2.77. The Hall–Kier alpha value is -3.35. The molecule has 4 rings (SSSR count). The molecule has 26 heavy (non-hydrogen) atoms. The monoisotopic (exact) mass is 346 g/mol. The first-order valence-corrected chi connectivity index (χ1v) is 8.36. The van der Waals surface area contributed by atoms with Crippen molar-refractivity contribution in [1.82, 2.24) is 19.7 Å². The van der Waals surface area contributed by atoms with E-state index < -0.39 is 5.92 Å². The van der Waals surface area contributed by atoms with E-state index in [1.54, 1.807) is 17.1 Å². The third-order valence-electron chi connectivity index (χ3n) is 4.57. The van der Waals surface area contributed by atoms with Gasteiger partial charge in [-0.1, -0.05) is 24.3 Å². The van der Waals surface area contributed by atoms with Gasteiger partial charge < -0.3 is 5.32 Å². The number of hydrogen-bond donors (Lipinski definition) is 1. The Labute approximate surface area is 150 Å².